The number of aromatic nitrogens is 1. The molecule has 0 atom stereocenters. The lowest BCUT2D eigenvalue weighted by atomic mass is 10.2. The van der Waals surface area contributed by atoms with Crippen LogP contribution in [0.5, 0.6) is 0 Å². The van der Waals surface area contributed by atoms with E-state index in [1.807, 2.05) is 0 Å². The Balaban J connectivity index is 2.33. The molecule has 0 fully saturated rings. The second-order valence-electron chi connectivity index (χ2n) is 3.29. The maximum absolute atomic E-state index is 8.36. The highest BCUT2D eigenvalue weighted by Crippen LogP contribution is 2.21. The second-order valence-corrected chi connectivity index (χ2v) is 5.29. The summed E-state index contributed by atoms with van der Waals surface area (Å²) in [4.78, 5) is 4.52. The summed E-state index contributed by atoms with van der Waals surface area (Å²) in [5.41, 5.74) is 1.15. The molecule has 4 heteroatoms. The van der Waals surface area contributed by atoms with E-state index in [2.05, 4.69) is 30.3 Å². The lowest BCUT2D eigenvalue weighted by Crippen LogP contribution is -1.87. The van der Waals surface area contributed by atoms with E-state index >= 15 is 0 Å². The average molecular weight is 226 g/mol. The number of thioether (sulfide) groups is 1. The van der Waals surface area contributed by atoms with Crippen LogP contribution in [0.15, 0.2) is 5.38 Å². The standard InChI is InChI=1S/C10H14N2S2/c1-8(2)10-12-9(7-14-10)6-13-5-3-4-11/h7-8H,3,5-6H2,1-2H3. The molecular formula is C10H14N2S2. The SMILES string of the molecule is CC(C)c1nc(CSCCC#N)cs1. The summed E-state index contributed by atoms with van der Waals surface area (Å²) in [5, 5.41) is 11.7. The largest absolute Gasteiger partial charge is 0.245 e. The van der Waals surface area contributed by atoms with Crippen LogP contribution in [0.4, 0.5) is 0 Å². The highest BCUT2D eigenvalue weighted by Gasteiger charge is 2.05. The lowest BCUT2D eigenvalue weighted by Gasteiger charge is -1.97. The van der Waals surface area contributed by atoms with Crippen LogP contribution in [0.25, 0.3) is 0 Å². The predicted molar refractivity (Wildman–Crippen MR) is 62.6 cm³/mol. The van der Waals surface area contributed by atoms with Gasteiger partial charge in [-0.2, -0.15) is 17.0 Å². The van der Waals surface area contributed by atoms with E-state index in [0.717, 1.165) is 17.2 Å². The Labute approximate surface area is 93.4 Å². The summed E-state index contributed by atoms with van der Waals surface area (Å²) in [6.45, 7) is 4.32. The molecule has 0 unspecified atom stereocenters. The molecule has 2 nitrogen and oxygen atoms in total. The Hall–Kier alpha value is -0.530. The molecule has 0 amide bonds. The van der Waals surface area contributed by atoms with Gasteiger partial charge in [-0.1, -0.05) is 13.8 Å². The van der Waals surface area contributed by atoms with Gasteiger partial charge in [-0.3, -0.25) is 0 Å². The van der Waals surface area contributed by atoms with E-state index in [0.29, 0.717) is 12.3 Å². The monoisotopic (exact) mass is 226 g/mol. The van der Waals surface area contributed by atoms with E-state index in [-0.39, 0.29) is 0 Å². The molecule has 0 aromatic carbocycles. The van der Waals surface area contributed by atoms with E-state index < -0.39 is 0 Å². The first-order valence-electron chi connectivity index (χ1n) is 4.63. The molecule has 1 aromatic heterocycles. The summed E-state index contributed by atoms with van der Waals surface area (Å²) in [6.07, 6.45) is 0.631. The van der Waals surface area contributed by atoms with Crippen molar-refractivity contribution in [2.75, 3.05) is 5.75 Å². The molecule has 0 saturated heterocycles. The first kappa shape index (κ1) is 11.5. The molecule has 0 bridgehead atoms. The third-order valence-corrected chi connectivity index (χ3v) is 3.86. The van der Waals surface area contributed by atoms with Crippen LogP contribution in [0.2, 0.25) is 0 Å². The van der Waals surface area contributed by atoms with Gasteiger partial charge in [0.05, 0.1) is 16.8 Å². The molecule has 0 saturated carbocycles. The van der Waals surface area contributed by atoms with Crippen molar-refractivity contribution in [3.63, 3.8) is 0 Å². The summed E-state index contributed by atoms with van der Waals surface area (Å²) in [7, 11) is 0. The van der Waals surface area contributed by atoms with Crippen molar-refractivity contribution in [2.24, 2.45) is 0 Å². The third kappa shape index (κ3) is 3.69. The maximum Gasteiger partial charge on any atom is 0.0954 e. The number of nitriles is 1. The Bertz CT molecular complexity index is 312. The van der Waals surface area contributed by atoms with Crippen LogP contribution >= 0.6 is 23.1 Å². The highest BCUT2D eigenvalue weighted by atomic mass is 32.2. The minimum absolute atomic E-state index is 0.526. The molecule has 0 spiro atoms. The Morgan fingerprint density at radius 2 is 2.43 bits per heavy atom. The summed E-state index contributed by atoms with van der Waals surface area (Å²) >= 11 is 3.51. The van der Waals surface area contributed by atoms with Crippen molar-refractivity contribution in [2.45, 2.75) is 31.9 Å². The molecule has 76 valence electrons. The van der Waals surface area contributed by atoms with Crippen LogP contribution in [0.3, 0.4) is 0 Å². The predicted octanol–water partition coefficient (Wildman–Crippen LogP) is 3.41. The minimum Gasteiger partial charge on any atom is -0.245 e. The zero-order valence-corrected chi connectivity index (χ0v) is 10.1. The second kappa shape index (κ2) is 6.05. The molecule has 0 aliphatic heterocycles. The van der Waals surface area contributed by atoms with Crippen LogP contribution in [-0.2, 0) is 5.75 Å². The van der Waals surface area contributed by atoms with Gasteiger partial charge in [-0.25, -0.2) is 4.98 Å². The van der Waals surface area contributed by atoms with Crippen LogP contribution < -0.4 is 0 Å². The quantitative estimate of drug-likeness (QED) is 0.722. The molecular weight excluding hydrogens is 212 g/mol. The fourth-order valence-electron chi connectivity index (χ4n) is 0.949. The van der Waals surface area contributed by atoms with Crippen molar-refractivity contribution >= 4 is 23.1 Å². The highest BCUT2D eigenvalue weighted by molar-refractivity contribution is 7.98. The van der Waals surface area contributed by atoms with Gasteiger partial charge in [0.25, 0.3) is 0 Å². The van der Waals surface area contributed by atoms with Gasteiger partial charge in [0, 0.05) is 29.2 Å². The van der Waals surface area contributed by atoms with Crippen molar-refractivity contribution in [1.29, 1.82) is 5.26 Å². The Morgan fingerprint density at radius 1 is 1.64 bits per heavy atom. The van der Waals surface area contributed by atoms with Gasteiger partial charge >= 0.3 is 0 Å². The summed E-state index contributed by atoms with van der Waals surface area (Å²) < 4.78 is 0. The molecule has 0 N–H and O–H groups in total. The van der Waals surface area contributed by atoms with Gasteiger partial charge in [-0.05, 0) is 0 Å². The number of thiazole rings is 1. The van der Waals surface area contributed by atoms with Crippen LogP contribution in [0.1, 0.15) is 36.9 Å². The Morgan fingerprint density at radius 3 is 3.00 bits per heavy atom. The van der Waals surface area contributed by atoms with Crippen molar-refractivity contribution in [3.8, 4) is 6.07 Å². The van der Waals surface area contributed by atoms with Gasteiger partial charge in [0.15, 0.2) is 0 Å². The fraction of sp³-hybridized carbons (Fsp3) is 0.600. The molecule has 14 heavy (non-hydrogen) atoms. The third-order valence-electron chi connectivity index (χ3n) is 1.67. The topological polar surface area (TPSA) is 36.7 Å². The van der Waals surface area contributed by atoms with E-state index in [1.54, 1.807) is 23.1 Å². The van der Waals surface area contributed by atoms with Crippen molar-refractivity contribution < 1.29 is 0 Å². The Kier molecular flexibility index (Phi) is 4.99. The van der Waals surface area contributed by atoms with Crippen LogP contribution in [-0.4, -0.2) is 10.7 Å². The molecule has 0 aliphatic carbocycles. The summed E-state index contributed by atoms with van der Waals surface area (Å²) in [5.74, 6) is 2.37. The lowest BCUT2D eigenvalue weighted by molar-refractivity contribution is 0.846. The van der Waals surface area contributed by atoms with E-state index in [4.69, 9.17) is 5.26 Å². The molecule has 1 heterocycles. The zero-order chi connectivity index (χ0) is 10.4. The molecule has 0 radical (unpaired) electrons. The van der Waals surface area contributed by atoms with Gasteiger partial charge < -0.3 is 0 Å². The molecule has 0 aliphatic rings. The van der Waals surface area contributed by atoms with Gasteiger partial charge in [0.1, 0.15) is 0 Å². The van der Waals surface area contributed by atoms with E-state index in [1.165, 1.54) is 5.01 Å². The first-order valence-corrected chi connectivity index (χ1v) is 6.66. The van der Waals surface area contributed by atoms with Crippen molar-refractivity contribution in [1.82, 2.24) is 4.98 Å². The molecule has 1 aromatic rings. The van der Waals surface area contributed by atoms with Crippen LogP contribution in [0, 0.1) is 11.3 Å². The molecule has 1 rings (SSSR count). The van der Waals surface area contributed by atoms with Gasteiger partial charge in [-0.15, -0.1) is 11.3 Å². The first-order chi connectivity index (χ1) is 6.74. The number of hydrogen-bond acceptors (Lipinski definition) is 4. The average Bonchev–Trinajstić information content (AvgIpc) is 2.61. The van der Waals surface area contributed by atoms with Gasteiger partial charge in [0.2, 0.25) is 0 Å². The number of hydrogen-bond donors (Lipinski definition) is 0. The maximum atomic E-state index is 8.36. The van der Waals surface area contributed by atoms with E-state index in [9.17, 15) is 0 Å². The fourth-order valence-corrected chi connectivity index (χ4v) is 2.63. The minimum atomic E-state index is 0.526. The smallest absolute Gasteiger partial charge is 0.0954 e. The number of nitrogens with zero attached hydrogens (tertiary/aromatic N) is 2. The zero-order valence-electron chi connectivity index (χ0n) is 8.49. The number of rotatable bonds is 5. The summed E-state index contributed by atoms with van der Waals surface area (Å²) in [6, 6.07) is 2.14. The van der Waals surface area contributed by atoms with Crippen molar-refractivity contribution in [3.05, 3.63) is 16.1 Å². The normalized spacial score (nSPS) is 10.4.